The molecule has 0 bridgehead atoms. The summed E-state index contributed by atoms with van der Waals surface area (Å²) in [6.07, 6.45) is 3.97. The van der Waals surface area contributed by atoms with E-state index in [0.717, 1.165) is 47.8 Å². The Kier molecular flexibility index (Phi) is 9.38. The molecular weight excluding hydrogens is 576 g/mol. The lowest BCUT2D eigenvalue weighted by molar-refractivity contribution is -0.135. The molecule has 212 valence electrons. The highest BCUT2D eigenvalue weighted by Gasteiger charge is 2.25. The van der Waals surface area contributed by atoms with E-state index >= 15 is 0 Å². The van der Waals surface area contributed by atoms with Gasteiger partial charge in [0.1, 0.15) is 12.3 Å². The maximum Gasteiger partial charge on any atom is 0.323 e. The summed E-state index contributed by atoms with van der Waals surface area (Å²) in [5.41, 5.74) is 5.00. The number of carbonyl (C=O) groups is 1. The Morgan fingerprint density at radius 2 is 1.83 bits per heavy atom. The van der Waals surface area contributed by atoms with Gasteiger partial charge in [-0.3, -0.25) is 4.79 Å². The van der Waals surface area contributed by atoms with Gasteiger partial charge in [0.05, 0.1) is 12.8 Å². The lowest BCUT2D eigenvalue weighted by atomic mass is 9.81. The summed E-state index contributed by atoms with van der Waals surface area (Å²) >= 11 is 13.2. The largest absolute Gasteiger partial charge is 0.497 e. The Morgan fingerprint density at radius 1 is 1.10 bits per heavy atom. The van der Waals surface area contributed by atoms with Gasteiger partial charge >= 0.3 is 5.97 Å². The first-order valence-corrected chi connectivity index (χ1v) is 15.1. The van der Waals surface area contributed by atoms with Gasteiger partial charge in [-0.25, -0.2) is 4.98 Å². The molecule has 1 aromatic heterocycles. The van der Waals surface area contributed by atoms with Crippen LogP contribution in [-0.4, -0.2) is 40.9 Å². The van der Waals surface area contributed by atoms with Crippen molar-refractivity contribution in [1.82, 2.24) is 10.3 Å². The third kappa shape index (κ3) is 7.55. The predicted molar refractivity (Wildman–Crippen MR) is 171 cm³/mol. The van der Waals surface area contributed by atoms with E-state index in [1.54, 1.807) is 29.4 Å². The van der Waals surface area contributed by atoms with Crippen LogP contribution in [0.25, 0.3) is 11.3 Å². The van der Waals surface area contributed by atoms with Gasteiger partial charge in [-0.2, -0.15) is 0 Å². The molecule has 0 saturated heterocycles. The van der Waals surface area contributed by atoms with Gasteiger partial charge in [0.2, 0.25) is 0 Å². The van der Waals surface area contributed by atoms with E-state index in [1.807, 2.05) is 42.5 Å². The van der Waals surface area contributed by atoms with Crippen molar-refractivity contribution in [3.63, 3.8) is 0 Å². The molecule has 0 spiro atoms. The van der Waals surface area contributed by atoms with Crippen LogP contribution in [0.2, 0.25) is 5.02 Å². The number of aliphatic carboxylic acids is 1. The molecule has 5 rings (SSSR count). The Hall–Kier alpha value is -3.66. The van der Waals surface area contributed by atoms with Crippen molar-refractivity contribution >= 4 is 62.7 Å². The fraction of sp³-hybridized carbons (Fsp3) is 0.258. The number of ether oxygens (including phenoxy) is 1. The van der Waals surface area contributed by atoms with Gasteiger partial charge in [0.25, 0.3) is 0 Å². The molecule has 0 aliphatic heterocycles. The highest BCUT2D eigenvalue weighted by atomic mass is 35.5. The normalized spacial score (nSPS) is 16.5. The van der Waals surface area contributed by atoms with Crippen molar-refractivity contribution in [2.75, 3.05) is 23.9 Å². The summed E-state index contributed by atoms with van der Waals surface area (Å²) in [4.78, 5) is 17.9. The number of thiazole rings is 1. The molecule has 1 heterocycles. The number of nitrogens with zero attached hydrogens (tertiary/aromatic N) is 2. The van der Waals surface area contributed by atoms with E-state index in [0.29, 0.717) is 27.5 Å². The molecule has 1 fully saturated rings. The lowest BCUT2D eigenvalue weighted by Gasteiger charge is -2.33. The van der Waals surface area contributed by atoms with Crippen LogP contribution < -0.4 is 20.3 Å². The average Bonchev–Trinajstić information content (AvgIpc) is 3.46. The van der Waals surface area contributed by atoms with Crippen molar-refractivity contribution in [1.29, 1.82) is 0 Å². The van der Waals surface area contributed by atoms with Gasteiger partial charge in [-0.05, 0) is 85.8 Å². The molecule has 3 N–H and O–H groups in total. The number of anilines is 3. The third-order valence-corrected chi connectivity index (χ3v) is 8.58. The molecule has 0 amide bonds. The van der Waals surface area contributed by atoms with Gasteiger partial charge in [-0.15, -0.1) is 11.3 Å². The number of benzene rings is 3. The number of halogens is 1. The Bertz CT molecular complexity index is 1490. The number of nitrogens with one attached hydrogen (secondary N) is 2. The quantitative estimate of drug-likeness (QED) is 0.167. The molecule has 3 aromatic carbocycles. The molecule has 0 radical (unpaired) electrons. The molecule has 0 unspecified atom stereocenters. The number of rotatable bonds is 9. The van der Waals surface area contributed by atoms with Gasteiger partial charge < -0.3 is 25.4 Å². The number of hydrogen-bond acceptors (Lipinski definition) is 6. The Balaban J connectivity index is 1.16. The van der Waals surface area contributed by atoms with Crippen LogP contribution in [0.5, 0.6) is 5.75 Å². The molecule has 4 aromatic rings. The van der Waals surface area contributed by atoms with Gasteiger partial charge in [0.15, 0.2) is 10.2 Å². The van der Waals surface area contributed by atoms with Crippen molar-refractivity contribution in [2.45, 2.75) is 37.6 Å². The lowest BCUT2D eigenvalue weighted by Crippen LogP contribution is -2.47. The Morgan fingerprint density at radius 3 is 2.51 bits per heavy atom. The zero-order chi connectivity index (χ0) is 28.8. The molecule has 10 heteroatoms. The SMILES string of the molecule is COc1cccc(N(CC(=O)O)C(=S)NC2CCC(c3ccc(-c4csc(Nc5ccc(Cl)cc5)n4)cc3)CC2)c1. The first kappa shape index (κ1) is 28.9. The molecule has 41 heavy (non-hydrogen) atoms. The van der Waals surface area contributed by atoms with Crippen molar-refractivity contribution in [2.24, 2.45) is 0 Å². The van der Waals surface area contributed by atoms with Crippen LogP contribution in [0, 0.1) is 0 Å². The maximum absolute atomic E-state index is 11.6. The van der Waals surface area contributed by atoms with E-state index in [2.05, 4.69) is 40.3 Å². The molecule has 7 nitrogen and oxygen atoms in total. The molecule has 1 aliphatic carbocycles. The van der Waals surface area contributed by atoms with Gasteiger partial charge in [-0.1, -0.05) is 41.9 Å². The highest BCUT2D eigenvalue weighted by molar-refractivity contribution is 7.80. The van der Waals surface area contributed by atoms with Crippen molar-refractivity contribution < 1.29 is 14.6 Å². The fourth-order valence-corrected chi connectivity index (χ4v) is 6.27. The smallest absolute Gasteiger partial charge is 0.323 e. The van der Waals surface area contributed by atoms with Crippen LogP contribution in [0.3, 0.4) is 0 Å². The summed E-state index contributed by atoms with van der Waals surface area (Å²) in [7, 11) is 1.58. The minimum absolute atomic E-state index is 0.196. The number of hydrogen-bond donors (Lipinski definition) is 3. The van der Waals surface area contributed by atoms with E-state index in [9.17, 15) is 9.90 Å². The molecule has 1 saturated carbocycles. The summed E-state index contributed by atoms with van der Waals surface area (Å²) in [6.45, 7) is -0.224. The van der Waals surface area contributed by atoms with Crippen LogP contribution in [0.4, 0.5) is 16.5 Å². The fourth-order valence-electron chi connectivity index (χ4n) is 5.06. The van der Waals surface area contributed by atoms with E-state index < -0.39 is 5.97 Å². The minimum atomic E-state index is -0.948. The second-order valence-electron chi connectivity index (χ2n) is 9.97. The van der Waals surface area contributed by atoms with Crippen molar-refractivity contribution in [3.8, 4) is 17.0 Å². The minimum Gasteiger partial charge on any atom is -0.497 e. The second-order valence-corrected chi connectivity index (χ2v) is 11.7. The summed E-state index contributed by atoms with van der Waals surface area (Å²) in [5.74, 6) is 0.176. The topological polar surface area (TPSA) is 86.7 Å². The average molecular weight is 607 g/mol. The molecular formula is C31H31ClN4O3S2. The standard InChI is InChI=1S/C31H31ClN4O3S2/c1-39-27-4-2-3-26(17-27)36(18-29(37)38)31(40)34-25-13-9-21(10-14-25)20-5-7-22(8-6-20)28-19-41-30(35-28)33-24-15-11-23(32)12-16-24/h2-8,11-12,15-17,19,21,25H,9-10,13-14,18H2,1H3,(H,33,35)(H,34,40)(H,37,38). The number of aromatic nitrogens is 1. The maximum atomic E-state index is 11.6. The summed E-state index contributed by atoms with van der Waals surface area (Å²) < 4.78 is 5.30. The number of methoxy groups -OCH3 is 1. The summed E-state index contributed by atoms with van der Waals surface area (Å²) in [5, 5.41) is 20.2. The monoisotopic (exact) mass is 606 g/mol. The van der Waals surface area contributed by atoms with Crippen LogP contribution in [0.15, 0.2) is 78.2 Å². The number of carboxylic acids is 1. The highest BCUT2D eigenvalue weighted by Crippen LogP contribution is 2.35. The number of carboxylic acid groups (broad SMARTS) is 1. The Labute approximate surface area is 254 Å². The number of thiocarbonyl (C=S) groups is 1. The third-order valence-electron chi connectivity index (χ3n) is 7.24. The zero-order valence-electron chi connectivity index (χ0n) is 22.5. The van der Waals surface area contributed by atoms with E-state index in [4.69, 9.17) is 33.5 Å². The van der Waals surface area contributed by atoms with E-state index in [-0.39, 0.29) is 12.6 Å². The molecule has 1 aliphatic rings. The van der Waals surface area contributed by atoms with Gasteiger partial charge in [0, 0.05) is 39.4 Å². The van der Waals surface area contributed by atoms with Crippen LogP contribution >= 0.6 is 35.2 Å². The zero-order valence-corrected chi connectivity index (χ0v) is 24.9. The van der Waals surface area contributed by atoms with E-state index in [1.165, 1.54) is 5.56 Å². The predicted octanol–water partition coefficient (Wildman–Crippen LogP) is 7.71. The van der Waals surface area contributed by atoms with Crippen LogP contribution in [0.1, 0.15) is 37.2 Å². The first-order chi connectivity index (χ1) is 19.9. The summed E-state index contributed by atoms with van der Waals surface area (Å²) in [6, 6.07) is 23.8. The first-order valence-electron chi connectivity index (χ1n) is 13.4. The molecule has 0 atom stereocenters. The van der Waals surface area contributed by atoms with Crippen LogP contribution in [-0.2, 0) is 4.79 Å². The van der Waals surface area contributed by atoms with Crippen molar-refractivity contribution in [3.05, 3.63) is 88.8 Å². The second kappa shape index (κ2) is 13.3.